The standard InChI is InChI=1S/C21H21NO4/c1-14(2)25-18-8-6-15(7-9-18)21(24)22-17-5-3-4-16(12-17)20-11-10-19(13-23)26-20/h3-12,14,23H,13H2,1-2H3,(H,22,24). The third-order valence-electron chi connectivity index (χ3n) is 3.71. The first-order chi connectivity index (χ1) is 12.5. The van der Waals surface area contributed by atoms with Crippen LogP contribution in [0.15, 0.2) is 65.1 Å². The molecule has 0 unspecified atom stereocenters. The van der Waals surface area contributed by atoms with Crippen LogP contribution in [-0.4, -0.2) is 17.1 Å². The third-order valence-corrected chi connectivity index (χ3v) is 3.71. The molecule has 1 aromatic heterocycles. The lowest BCUT2D eigenvalue weighted by Crippen LogP contribution is -2.12. The lowest BCUT2D eigenvalue weighted by atomic mass is 10.1. The molecule has 134 valence electrons. The molecule has 5 heteroatoms. The van der Waals surface area contributed by atoms with Gasteiger partial charge in [-0.1, -0.05) is 12.1 Å². The molecule has 26 heavy (non-hydrogen) atoms. The van der Waals surface area contributed by atoms with Gasteiger partial charge in [-0.2, -0.15) is 0 Å². The number of benzene rings is 2. The number of furan rings is 1. The number of carbonyl (C=O) groups is 1. The highest BCUT2D eigenvalue weighted by Gasteiger charge is 2.09. The summed E-state index contributed by atoms with van der Waals surface area (Å²) >= 11 is 0. The second-order valence-electron chi connectivity index (χ2n) is 6.15. The van der Waals surface area contributed by atoms with Gasteiger partial charge in [-0.05, 0) is 62.4 Å². The molecule has 0 fully saturated rings. The molecule has 0 radical (unpaired) electrons. The van der Waals surface area contributed by atoms with E-state index >= 15 is 0 Å². The number of ether oxygens (including phenoxy) is 1. The summed E-state index contributed by atoms with van der Waals surface area (Å²) in [5, 5.41) is 12.0. The number of amides is 1. The van der Waals surface area contributed by atoms with Crippen LogP contribution in [0.3, 0.4) is 0 Å². The fourth-order valence-electron chi connectivity index (χ4n) is 2.53. The third kappa shape index (κ3) is 4.32. The molecule has 1 amide bonds. The summed E-state index contributed by atoms with van der Waals surface area (Å²) in [5.41, 5.74) is 2.03. The number of aliphatic hydroxyl groups excluding tert-OH is 1. The van der Waals surface area contributed by atoms with E-state index in [2.05, 4.69) is 5.32 Å². The lowest BCUT2D eigenvalue weighted by Gasteiger charge is -2.10. The molecule has 1 heterocycles. The molecule has 2 aromatic carbocycles. The predicted octanol–water partition coefficient (Wildman–Crippen LogP) is 4.48. The van der Waals surface area contributed by atoms with Gasteiger partial charge in [0, 0.05) is 16.8 Å². The SMILES string of the molecule is CC(C)Oc1ccc(C(=O)Nc2cccc(-c3ccc(CO)o3)c2)cc1. The molecule has 0 bridgehead atoms. The Bertz CT molecular complexity index is 881. The monoisotopic (exact) mass is 351 g/mol. The van der Waals surface area contributed by atoms with E-state index in [9.17, 15) is 4.79 Å². The number of carbonyl (C=O) groups excluding carboxylic acids is 1. The maximum atomic E-state index is 12.4. The van der Waals surface area contributed by atoms with Crippen molar-refractivity contribution in [2.75, 3.05) is 5.32 Å². The number of anilines is 1. The fraction of sp³-hybridized carbons (Fsp3) is 0.190. The summed E-state index contributed by atoms with van der Waals surface area (Å²) in [4.78, 5) is 12.4. The molecule has 0 aliphatic rings. The molecule has 0 spiro atoms. The van der Waals surface area contributed by atoms with Gasteiger partial charge in [0.1, 0.15) is 23.9 Å². The van der Waals surface area contributed by atoms with Crippen molar-refractivity contribution in [3.8, 4) is 17.1 Å². The van der Waals surface area contributed by atoms with Crippen LogP contribution in [0.25, 0.3) is 11.3 Å². The van der Waals surface area contributed by atoms with E-state index in [0.717, 1.165) is 11.3 Å². The van der Waals surface area contributed by atoms with Gasteiger partial charge >= 0.3 is 0 Å². The Morgan fingerprint density at radius 1 is 1.12 bits per heavy atom. The van der Waals surface area contributed by atoms with Crippen LogP contribution in [0, 0.1) is 0 Å². The molecule has 0 saturated heterocycles. The topological polar surface area (TPSA) is 71.7 Å². The van der Waals surface area contributed by atoms with Crippen LogP contribution in [0.4, 0.5) is 5.69 Å². The number of nitrogens with one attached hydrogen (secondary N) is 1. The Morgan fingerprint density at radius 3 is 2.54 bits per heavy atom. The number of rotatable bonds is 6. The highest BCUT2D eigenvalue weighted by atomic mass is 16.5. The molecule has 0 atom stereocenters. The maximum absolute atomic E-state index is 12.4. The molecular formula is C21H21NO4. The van der Waals surface area contributed by atoms with Crippen LogP contribution in [0.2, 0.25) is 0 Å². The summed E-state index contributed by atoms with van der Waals surface area (Å²) in [7, 11) is 0. The molecular weight excluding hydrogens is 330 g/mol. The predicted molar refractivity (Wildman–Crippen MR) is 100 cm³/mol. The second-order valence-corrected chi connectivity index (χ2v) is 6.15. The van der Waals surface area contributed by atoms with Gasteiger partial charge in [-0.15, -0.1) is 0 Å². The van der Waals surface area contributed by atoms with E-state index in [1.807, 2.05) is 38.1 Å². The Balaban J connectivity index is 1.72. The van der Waals surface area contributed by atoms with Crippen LogP contribution < -0.4 is 10.1 Å². The first kappa shape index (κ1) is 17.8. The van der Waals surface area contributed by atoms with Crippen LogP contribution in [-0.2, 0) is 6.61 Å². The van der Waals surface area contributed by atoms with E-state index in [1.54, 1.807) is 36.4 Å². The Labute approximate surface area is 152 Å². The molecule has 0 aliphatic heterocycles. The summed E-state index contributed by atoms with van der Waals surface area (Å²) in [6, 6.07) is 17.9. The van der Waals surface area contributed by atoms with Crippen molar-refractivity contribution in [1.82, 2.24) is 0 Å². The minimum absolute atomic E-state index is 0.0883. The smallest absolute Gasteiger partial charge is 0.255 e. The maximum Gasteiger partial charge on any atom is 0.255 e. The molecule has 0 saturated carbocycles. The summed E-state index contributed by atoms with van der Waals surface area (Å²) in [6.45, 7) is 3.76. The summed E-state index contributed by atoms with van der Waals surface area (Å²) in [5.74, 6) is 1.67. The van der Waals surface area contributed by atoms with Crippen molar-refractivity contribution in [3.63, 3.8) is 0 Å². The van der Waals surface area contributed by atoms with Gasteiger partial charge in [-0.3, -0.25) is 4.79 Å². The quantitative estimate of drug-likeness (QED) is 0.687. The lowest BCUT2D eigenvalue weighted by molar-refractivity contribution is 0.102. The van der Waals surface area contributed by atoms with Gasteiger partial charge < -0.3 is 19.6 Å². The van der Waals surface area contributed by atoms with Gasteiger partial charge in [0.25, 0.3) is 5.91 Å². The Hall–Kier alpha value is -3.05. The van der Waals surface area contributed by atoms with Gasteiger partial charge in [-0.25, -0.2) is 0 Å². The largest absolute Gasteiger partial charge is 0.491 e. The van der Waals surface area contributed by atoms with Crippen molar-refractivity contribution in [2.45, 2.75) is 26.6 Å². The van der Waals surface area contributed by atoms with Gasteiger partial charge in [0.2, 0.25) is 0 Å². The van der Waals surface area contributed by atoms with Gasteiger partial charge in [0.05, 0.1) is 6.10 Å². The van der Waals surface area contributed by atoms with E-state index < -0.39 is 0 Å². The number of hydrogen-bond acceptors (Lipinski definition) is 4. The number of hydrogen-bond donors (Lipinski definition) is 2. The van der Waals surface area contributed by atoms with Crippen molar-refractivity contribution in [3.05, 3.63) is 72.0 Å². The van der Waals surface area contributed by atoms with Crippen LogP contribution in [0.1, 0.15) is 30.0 Å². The van der Waals surface area contributed by atoms with Crippen LogP contribution >= 0.6 is 0 Å². The molecule has 5 nitrogen and oxygen atoms in total. The summed E-state index contributed by atoms with van der Waals surface area (Å²) in [6.07, 6.45) is 0.0883. The van der Waals surface area contributed by atoms with Crippen molar-refractivity contribution >= 4 is 11.6 Å². The Morgan fingerprint density at radius 2 is 1.88 bits per heavy atom. The average Bonchev–Trinajstić information content (AvgIpc) is 3.11. The van der Waals surface area contributed by atoms with E-state index in [0.29, 0.717) is 22.8 Å². The number of aliphatic hydroxyl groups is 1. The van der Waals surface area contributed by atoms with Crippen molar-refractivity contribution < 1.29 is 19.1 Å². The zero-order valence-electron chi connectivity index (χ0n) is 14.7. The highest BCUT2D eigenvalue weighted by molar-refractivity contribution is 6.04. The van der Waals surface area contributed by atoms with Gasteiger partial charge in [0.15, 0.2) is 0 Å². The second kappa shape index (κ2) is 7.89. The van der Waals surface area contributed by atoms with Crippen molar-refractivity contribution in [2.24, 2.45) is 0 Å². The van der Waals surface area contributed by atoms with Crippen LogP contribution in [0.5, 0.6) is 5.75 Å². The molecule has 3 rings (SSSR count). The Kier molecular flexibility index (Phi) is 5.39. The zero-order chi connectivity index (χ0) is 18.5. The highest BCUT2D eigenvalue weighted by Crippen LogP contribution is 2.25. The molecule has 3 aromatic rings. The molecule has 0 aliphatic carbocycles. The first-order valence-electron chi connectivity index (χ1n) is 8.43. The minimum Gasteiger partial charge on any atom is -0.491 e. The van der Waals surface area contributed by atoms with E-state index in [4.69, 9.17) is 14.3 Å². The zero-order valence-corrected chi connectivity index (χ0v) is 14.7. The van der Waals surface area contributed by atoms with Crippen molar-refractivity contribution in [1.29, 1.82) is 0 Å². The normalized spacial score (nSPS) is 10.8. The van der Waals surface area contributed by atoms with E-state index in [1.165, 1.54) is 0 Å². The average molecular weight is 351 g/mol. The van der Waals surface area contributed by atoms with E-state index in [-0.39, 0.29) is 18.6 Å². The first-order valence-corrected chi connectivity index (χ1v) is 8.43. The molecule has 2 N–H and O–H groups in total. The summed E-state index contributed by atoms with van der Waals surface area (Å²) < 4.78 is 11.1. The fourth-order valence-corrected chi connectivity index (χ4v) is 2.53. The minimum atomic E-state index is -0.200.